The first-order chi connectivity index (χ1) is 9.69. The van der Waals surface area contributed by atoms with Crippen LogP contribution in [0.4, 0.5) is 0 Å². The summed E-state index contributed by atoms with van der Waals surface area (Å²) >= 11 is 0.222. The van der Waals surface area contributed by atoms with E-state index in [1.807, 2.05) is 36.8 Å². The van der Waals surface area contributed by atoms with E-state index in [0.717, 1.165) is 37.0 Å². The van der Waals surface area contributed by atoms with Crippen LogP contribution in [0.2, 0.25) is 5.82 Å². The van der Waals surface area contributed by atoms with Gasteiger partial charge in [-0.2, -0.15) is 0 Å². The van der Waals surface area contributed by atoms with Gasteiger partial charge < -0.3 is 14.9 Å². The standard InChI is InChI=1S/C11H16O3.C2H3NSe.C2H6/c12-7-8-1-3-10(4-2-8)14-11-5-9(13)6-11;1-4-2-3;1-2/h1,3,9,11-13H,2,4-7H2;1H3;1-2H3. The van der Waals surface area contributed by atoms with Crippen molar-refractivity contribution in [3.8, 4) is 4.97 Å². The number of allylic oxidation sites excluding steroid dienone is 3. The largest absolute Gasteiger partial charge is 0.495 e. The van der Waals surface area contributed by atoms with E-state index in [1.54, 1.807) is 0 Å². The summed E-state index contributed by atoms with van der Waals surface area (Å²) in [5.41, 5.74) is 1.06. The molecule has 4 nitrogen and oxygen atoms in total. The number of hydrogen-bond acceptors (Lipinski definition) is 4. The quantitative estimate of drug-likeness (QED) is 0.770. The normalized spacial score (nSPS) is 23.4. The van der Waals surface area contributed by atoms with Crippen molar-refractivity contribution in [3.05, 3.63) is 23.5 Å². The van der Waals surface area contributed by atoms with E-state index in [1.165, 1.54) is 0 Å². The Morgan fingerprint density at radius 2 is 1.95 bits per heavy atom. The number of ether oxygens (including phenoxy) is 1. The van der Waals surface area contributed by atoms with Gasteiger partial charge in [-0.05, 0) is 18.1 Å². The number of nitriles is 1. The van der Waals surface area contributed by atoms with Gasteiger partial charge in [0.1, 0.15) is 6.10 Å². The summed E-state index contributed by atoms with van der Waals surface area (Å²) in [6.07, 6.45) is 7.18. The van der Waals surface area contributed by atoms with Gasteiger partial charge in [0.15, 0.2) is 0 Å². The molecule has 5 heteroatoms. The van der Waals surface area contributed by atoms with Crippen LogP contribution in [0.3, 0.4) is 0 Å². The zero-order valence-corrected chi connectivity index (χ0v) is 14.2. The Kier molecular flexibility index (Phi) is 11.5. The number of aliphatic hydroxyl groups is 2. The molecule has 2 aliphatic rings. The van der Waals surface area contributed by atoms with Crippen LogP contribution >= 0.6 is 0 Å². The molecule has 2 rings (SSSR count). The van der Waals surface area contributed by atoms with Gasteiger partial charge in [0, 0.05) is 19.3 Å². The smallest absolute Gasteiger partial charge is 0.103 e. The van der Waals surface area contributed by atoms with Crippen LogP contribution < -0.4 is 0 Å². The summed E-state index contributed by atoms with van der Waals surface area (Å²) in [5, 5.41) is 25.6. The Hall–Kier alpha value is -0.791. The molecule has 0 saturated heterocycles. The fraction of sp³-hybridized carbons (Fsp3) is 0.667. The molecule has 0 bridgehead atoms. The maximum atomic E-state index is 9.08. The zero-order valence-electron chi connectivity index (χ0n) is 12.5. The third kappa shape index (κ3) is 7.71. The molecule has 1 fully saturated rings. The van der Waals surface area contributed by atoms with Crippen molar-refractivity contribution in [3.63, 3.8) is 0 Å². The Morgan fingerprint density at radius 1 is 1.35 bits per heavy atom. The number of rotatable bonds is 3. The van der Waals surface area contributed by atoms with Crippen molar-refractivity contribution in [1.29, 1.82) is 5.26 Å². The zero-order chi connectivity index (χ0) is 15.4. The fourth-order valence-corrected chi connectivity index (χ4v) is 1.74. The maximum absolute atomic E-state index is 9.08. The Morgan fingerprint density at radius 3 is 2.30 bits per heavy atom. The van der Waals surface area contributed by atoms with E-state index < -0.39 is 0 Å². The molecule has 0 atom stereocenters. The van der Waals surface area contributed by atoms with Crippen molar-refractivity contribution >= 4 is 15.0 Å². The van der Waals surface area contributed by atoms with Gasteiger partial charge in [0.2, 0.25) is 0 Å². The number of nitrogens with zero attached hydrogens (tertiary/aromatic N) is 1. The minimum absolute atomic E-state index is 0.145. The summed E-state index contributed by atoms with van der Waals surface area (Å²) in [6, 6.07) is 0. The molecular formula is C15H25NO3Se. The molecule has 0 spiro atoms. The van der Waals surface area contributed by atoms with Gasteiger partial charge in [-0.15, -0.1) is 0 Å². The first kappa shape index (κ1) is 19.2. The van der Waals surface area contributed by atoms with Crippen molar-refractivity contribution in [2.75, 3.05) is 6.61 Å². The second-order valence-corrected chi connectivity index (χ2v) is 5.52. The first-order valence-electron chi connectivity index (χ1n) is 6.95. The van der Waals surface area contributed by atoms with Gasteiger partial charge in [0.05, 0.1) is 18.5 Å². The molecule has 0 radical (unpaired) electrons. The number of aliphatic hydroxyl groups excluding tert-OH is 2. The molecule has 2 aliphatic carbocycles. The van der Waals surface area contributed by atoms with Crippen molar-refractivity contribution in [2.45, 2.75) is 57.6 Å². The van der Waals surface area contributed by atoms with Crippen LogP contribution in [0.15, 0.2) is 23.5 Å². The van der Waals surface area contributed by atoms with Gasteiger partial charge in [-0.3, -0.25) is 0 Å². The first-order valence-corrected chi connectivity index (χ1v) is 9.52. The Labute approximate surface area is 128 Å². The van der Waals surface area contributed by atoms with Crippen molar-refractivity contribution in [2.24, 2.45) is 0 Å². The third-order valence-electron chi connectivity index (χ3n) is 2.88. The summed E-state index contributed by atoms with van der Waals surface area (Å²) in [5.74, 6) is 2.87. The van der Waals surface area contributed by atoms with E-state index in [-0.39, 0.29) is 33.8 Å². The molecule has 0 aromatic heterocycles. The van der Waals surface area contributed by atoms with Gasteiger partial charge in [0.25, 0.3) is 0 Å². The molecule has 0 aromatic carbocycles. The van der Waals surface area contributed by atoms with Crippen LogP contribution in [0.1, 0.15) is 39.5 Å². The van der Waals surface area contributed by atoms with E-state index in [0.29, 0.717) is 0 Å². The van der Waals surface area contributed by atoms with Crippen LogP contribution in [-0.2, 0) is 4.74 Å². The summed E-state index contributed by atoms with van der Waals surface area (Å²) in [4.78, 5) is 1.99. The van der Waals surface area contributed by atoms with Crippen LogP contribution in [0, 0.1) is 10.2 Å². The van der Waals surface area contributed by atoms with Gasteiger partial charge in [-0.25, -0.2) is 0 Å². The Bertz CT molecular complexity index is 355. The van der Waals surface area contributed by atoms with E-state index in [9.17, 15) is 0 Å². The molecule has 0 aromatic rings. The summed E-state index contributed by atoms with van der Waals surface area (Å²) in [7, 11) is 0. The van der Waals surface area contributed by atoms with E-state index in [2.05, 4.69) is 0 Å². The van der Waals surface area contributed by atoms with E-state index >= 15 is 0 Å². The molecule has 114 valence electrons. The Balaban J connectivity index is 0.000000521. The van der Waals surface area contributed by atoms with Crippen molar-refractivity contribution < 1.29 is 14.9 Å². The number of hydrogen-bond donors (Lipinski definition) is 2. The average molecular weight is 346 g/mol. The molecule has 20 heavy (non-hydrogen) atoms. The second kappa shape index (κ2) is 12.0. The SMILES string of the molecule is CC.C[Se]C#N.OCC1=CC=C(OC2CC(O)C2)CC1. The van der Waals surface area contributed by atoms with Crippen LogP contribution in [0.5, 0.6) is 0 Å². The van der Waals surface area contributed by atoms with Gasteiger partial charge in [-0.1, -0.05) is 19.9 Å². The molecule has 0 aliphatic heterocycles. The minimum atomic E-state index is -0.160. The predicted molar refractivity (Wildman–Crippen MR) is 81.2 cm³/mol. The molecule has 1 saturated carbocycles. The average Bonchev–Trinajstić information content (AvgIpc) is 2.49. The predicted octanol–water partition coefficient (Wildman–Crippen LogP) is 2.37. The molecular weight excluding hydrogens is 321 g/mol. The maximum Gasteiger partial charge on any atom is 0.103 e. The molecule has 0 amide bonds. The molecule has 2 N–H and O–H groups in total. The minimum Gasteiger partial charge on any atom is -0.495 e. The topological polar surface area (TPSA) is 73.5 Å². The van der Waals surface area contributed by atoms with Crippen LogP contribution in [-0.4, -0.2) is 44.0 Å². The van der Waals surface area contributed by atoms with E-state index in [4.69, 9.17) is 20.2 Å². The summed E-state index contributed by atoms with van der Waals surface area (Å²) < 4.78 is 5.67. The third-order valence-corrected chi connectivity index (χ3v) is 3.26. The second-order valence-electron chi connectivity index (χ2n) is 4.28. The summed E-state index contributed by atoms with van der Waals surface area (Å²) in [6.45, 7) is 4.14. The fourth-order valence-electron chi connectivity index (χ4n) is 1.74. The van der Waals surface area contributed by atoms with Crippen molar-refractivity contribution in [1.82, 2.24) is 0 Å². The monoisotopic (exact) mass is 347 g/mol. The molecule has 0 unspecified atom stereocenters. The van der Waals surface area contributed by atoms with Gasteiger partial charge >= 0.3 is 31.0 Å². The van der Waals surface area contributed by atoms with Crippen LogP contribution in [0.25, 0.3) is 0 Å². The molecule has 0 heterocycles.